The molecule has 0 saturated carbocycles. The van der Waals surface area contributed by atoms with Gasteiger partial charge in [0.1, 0.15) is 11.8 Å². The Bertz CT molecular complexity index is 985. The highest BCUT2D eigenvalue weighted by atomic mass is 16.5. The number of ether oxygens (including phenoxy) is 1. The van der Waals surface area contributed by atoms with Crippen molar-refractivity contribution in [3.63, 3.8) is 0 Å². The third-order valence-corrected chi connectivity index (χ3v) is 5.93. The first-order chi connectivity index (χ1) is 14.7. The molecule has 2 atom stereocenters. The molecule has 1 aliphatic heterocycles. The molecule has 0 amide bonds. The summed E-state index contributed by atoms with van der Waals surface area (Å²) < 4.78 is 5.65. The van der Waals surface area contributed by atoms with Gasteiger partial charge in [0.15, 0.2) is 0 Å². The summed E-state index contributed by atoms with van der Waals surface area (Å²) >= 11 is 0. The van der Waals surface area contributed by atoms with Crippen molar-refractivity contribution >= 4 is 5.97 Å². The van der Waals surface area contributed by atoms with Crippen LogP contribution in [0, 0.1) is 0 Å². The van der Waals surface area contributed by atoms with E-state index >= 15 is 0 Å². The van der Waals surface area contributed by atoms with Gasteiger partial charge in [-0.3, -0.25) is 9.69 Å². The molecule has 3 aromatic rings. The largest absolute Gasteiger partial charge is 0.496 e. The lowest BCUT2D eigenvalue weighted by Crippen LogP contribution is -2.46. The Morgan fingerprint density at radius 1 is 0.933 bits per heavy atom. The number of hydrogen-bond donors (Lipinski definition) is 1. The molecule has 1 saturated heterocycles. The second-order valence-electron chi connectivity index (χ2n) is 7.72. The maximum Gasteiger partial charge on any atom is 0.320 e. The van der Waals surface area contributed by atoms with Crippen LogP contribution in [0.25, 0.3) is 11.1 Å². The summed E-state index contributed by atoms with van der Waals surface area (Å²) in [6.45, 7) is 0.750. The van der Waals surface area contributed by atoms with Gasteiger partial charge in [0.2, 0.25) is 0 Å². The minimum absolute atomic E-state index is 0.174. The number of carbonyl (C=O) groups is 1. The van der Waals surface area contributed by atoms with Gasteiger partial charge in [-0.1, -0.05) is 79.2 Å². The van der Waals surface area contributed by atoms with Crippen LogP contribution in [-0.4, -0.2) is 35.7 Å². The van der Waals surface area contributed by atoms with E-state index in [4.69, 9.17) is 4.74 Å². The van der Waals surface area contributed by atoms with E-state index in [0.29, 0.717) is 6.42 Å². The van der Waals surface area contributed by atoms with E-state index in [1.54, 1.807) is 7.11 Å². The van der Waals surface area contributed by atoms with Gasteiger partial charge in [-0.05, 0) is 42.1 Å². The lowest BCUT2D eigenvalue weighted by atomic mass is 9.90. The van der Waals surface area contributed by atoms with Gasteiger partial charge in [-0.2, -0.15) is 0 Å². The van der Waals surface area contributed by atoms with E-state index in [9.17, 15) is 9.90 Å². The molecule has 2 unspecified atom stereocenters. The van der Waals surface area contributed by atoms with Crippen molar-refractivity contribution < 1.29 is 14.6 Å². The average Bonchev–Trinajstić information content (AvgIpc) is 2.81. The van der Waals surface area contributed by atoms with Crippen LogP contribution in [0.3, 0.4) is 0 Å². The number of nitrogens with zero attached hydrogens (tertiary/aromatic N) is 1. The molecule has 4 heteroatoms. The first kappa shape index (κ1) is 20.2. The molecule has 0 radical (unpaired) electrons. The smallest absolute Gasteiger partial charge is 0.320 e. The number of carboxylic acids is 1. The molecule has 30 heavy (non-hydrogen) atoms. The van der Waals surface area contributed by atoms with Crippen molar-refractivity contribution in [1.29, 1.82) is 0 Å². The number of benzene rings is 3. The van der Waals surface area contributed by atoms with Gasteiger partial charge in [-0.15, -0.1) is 0 Å². The Kier molecular flexibility index (Phi) is 6.15. The fourth-order valence-corrected chi connectivity index (χ4v) is 4.46. The van der Waals surface area contributed by atoms with Gasteiger partial charge >= 0.3 is 5.97 Å². The fourth-order valence-electron chi connectivity index (χ4n) is 4.46. The van der Waals surface area contributed by atoms with Crippen LogP contribution in [0.1, 0.15) is 36.4 Å². The van der Waals surface area contributed by atoms with Gasteiger partial charge in [0, 0.05) is 5.56 Å². The zero-order chi connectivity index (χ0) is 20.9. The van der Waals surface area contributed by atoms with E-state index in [-0.39, 0.29) is 6.04 Å². The van der Waals surface area contributed by atoms with Crippen molar-refractivity contribution in [1.82, 2.24) is 4.90 Å². The number of carboxylic acid groups (broad SMARTS) is 1. The molecule has 4 rings (SSSR count). The minimum Gasteiger partial charge on any atom is -0.496 e. The molecular formula is C26H27NO3. The molecule has 1 heterocycles. The molecule has 0 aliphatic carbocycles. The lowest BCUT2D eigenvalue weighted by Gasteiger charge is -2.40. The summed E-state index contributed by atoms with van der Waals surface area (Å²) in [5.41, 5.74) is 4.39. The van der Waals surface area contributed by atoms with Crippen molar-refractivity contribution in [3.8, 4) is 16.9 Å². The molecule has 154 valence electrons. The Morgan fingerprint density at radius 2 is 1.60 bits per heavy atom. The summed E-state index contributed by atoms with van der Waals surface area (Å²) in [5, 5.41) is 9.90. The van der Waals surface area contributed by atoms with Gasteiger partial charge in [0.25, 0.3) is 0 Å². The number of para-hydroxylation sites is 1. The first-order valence-corrected chi connectivity index (χ1v) is 10.5. The van der Waals surface area contributed by atoms with E-state index < -0.39 is 12.0 Å². The maximum absolute atomic E-state index is 12.1. The average molecular weight is 402 g/mol. The number of hydrogen-bond acceptors (Lipinski definition) is 3. The van der Waals surface area contributed by atoms with E-state index in [1.807, 2.05) is 42.5 Å². The molecular weight excluding hydrogens is 374 g/mol. The highest BCUT2D eigenvalue weighted by Gasteiger charge is 2.36. The Labute approximate surface area is 177 Å². The van der Waals surface area contributed by atoms with Gasteiger partial charge in [-0.25, -0.2) is 0 Å². The lowest BCUT2D eigenvalue weighted by molar-refractivity contribution is -0.145. The number of likely N-dealkylation sites (tertiary alicyclic amines) is 1. The summed E-state index contributed by atoms with van der Waals surface area (Å²) in [6.07, 6.45) is 2.61. The molecule has 1 N–H and O–H groups in total. The second-order valence-corrected chi connectivity index (χ2v) is 7.72. The van der Waals surface area contributed by atoms with Crippen molar-refractivity contribution in [2.24, 2.45) is 0 Å². The molecule has 0 aromatic heterocycles. The zero-order valence-corrected chi connectivity index (χ0v) is 17.2. The van der Waals surface area contributed by atoms with Crippen LogP contribution >= 0.6 is 0 Å². The Hall–Kier alpha value is -3.11. The summed E-state index contributed by atoms with van der Waals surface area (Å²) in [4.78, 5) is 14.2. The number of aliphatic carboxylic acids is 1. The van der Waals surface area contributed by atoms with E-state index in [1.165, 1.54) is 5.56 Å². The zero-order valence-electron chi connectivity index (χ0n) is 17.2. The minimum atomic E-state index is -0.754. The fraction of sp³-hybridized carbons (Fsp3) is 0.269. The van der Waals surface area contributed by atoms with E-state index in [2.05, 4.69) is 41.3 Å². The maximum atomic E-state index is 12.1. The summed E-state index contributed by atoms with van der Waals surface area (Å²) in [5.74, 6) is 0.0276. The van der Waals surface area contributed by atoms with Gasteiger partial charge in [0.05, 0.1) is 13.2 Å². The van der Waals surface area contributed by atoms with Crippen LogP contribution in [0.2, 0.25) is 0 Å². The summed E-state index contributed by atoms with van der Waals surface area (Å²) in [6, 6.07) is 26.0. The van der Waals surface area contributed by atoms with Crippen molar-refractivity contribution in [2.45, 2.75) is 31.3 Å². The predicted molar refractivity (Wildman–Crippen MR) is 119 cm³/mol. The molecule has 3 aromatic carbocycles. The third-order valence-electron chi connectivity index (χ3n) is 5.93. The van der Waals surface area contributed by atoms with E-state index in [0.717, 1.165) is 41.8 Å². The van der Waals surface area contributed by atoms with Crippen LogP contribution in [0.5, 0.6) is 5.75 Å². The standard InChI is InChI=1S/C26H27NO3/c1-30-24-13-6-5-11-22(24)25(27-18-8-7-12-23(27)26(28)29)21-16-14-20(15-17-21)19-9-3-2-4-10-19/h2-6,9-11,13-17,23,25H,7-8,12,18H2,1H3,(H,28,29). The normalized spacial score (nSPS) is 18.0. The number of rotatable bonds is 6. The van der Waals surface area contributed by atoms with Crippen LogP contribution in [-0.2, 0) is 4.79 Å². The first-order valence-electron chi connectivity index (χ1n) is 10.5. The predicted octanol–water partition coefficient (Wildman–Crippen LogP) is 5.39. The quantitative estimate of drug-likeness (QED) is 0.602. The van der Waals surface area contributed by atoms with Crippen molar-refractivity contribution in [3.05, 3.63) is 90.0 Å². The highest BCUT2D eigenvalue weighted by molar-refractivity contribution is 5.74. The Balaban J connectivity index is 1.78. The van der Waals surface area contributed by atoms with Gasteiger partial charge < -0.3 is 9.84 Å². The summed E-state index contributed by atoms with van der Waals surface area (Å²) in [7, 11) is 1.67. The van der Waals surface area contributed by atoms with Crippen LogP contribution in [0.15, 0.2) is 78.9 Å². The van der Waals surface area contributed by atoms with Crippen LogP contribution < -0.4 is 4.74 Å². The second kappa shape index (κ2) is 9.14. The molecule has 0 spiro atoms. The third kappa shape index (κ3) is 4.10. The topological polar surface area (TPSA) is 49.8 Å². The SMILES string of the molecule is COc1ccccc1C(c1ccc(-c2ccccc2)cc1)N1CCCCC1C(=O)O. The molecule has 1 aliphatic rings. The molecule has 0 bridgehead atoms. The van der Waals surface area contributed by atoms with Crippen LogP contribution in [0.4, 0.5) is 0 Å². The van der Waals surface area contributed by atoms with Crippen molar-refractivity contribution in [2.75, 3.05) is 13.7 Å². The number of piperidine rings is 1. The monoisotopic (exact) mass is 401 g/mol. The molecule has 4 nitrogen and oxygen atoms in total. The highest BCUT2D eigenvalue weighted by Crippen LogP contribution is 2.38. The number of methoxy groups -OCH3 is 1. The molecule has 1 fully saturated rings. The Morgan fingerprint density at radius 3 is 2.30 bits per heavy atom.